The first-order valence-electron chi connectivity index (χ1n) is 29.4. The van der Waals surface area contributed by atoms with Crippen LogP contribution in [-0.4, -0.2) is 160 Å². The molecule has 0 bridgehead atoms. The van der Waals surface area contributed by atoms with Gasteiger partial charge in [0, 0.05) is 33.4 Å². The van der Waals surface area contributed by atoms with Gasteiger partial charge in [-0.05, 0) is 36.4 Å². The van der Waals surface area contributed by atoms with Crippen molar-refractivity contribution in [1.82, 2.24) is 0 Å². The van der Waals surface area contributed by atoms with Gasteiger partial charge in [-0.3, -0.25) is 38.4 Å². The summed E-state index contributed by atoms with van der Waals surface area (Å²) in [6, 6.07) is 60.7. The monoisotopic (exact) mass is 1300 g/mol. The molecule has 0 aliphatic rings. The number of esters is 3. The third-order valence-electron chi connectivity index (χ3n) is 15.4. The van der Waals surface area contributed by atoms with Gasteiger partial charge in [-0.2, -0.15) is 0 Å². The lowest BCUT2D eigenvalue weighted by atomic mass is 9.65. The van der Waals surface area contributed by atoms with Crippen LogP contribution in [0.3, 0.4) is 0 Å². The number of rotatable bonds is 28. The number of carbonyl (C=O) groups is 11. The third-order valence-corrected chi connectivity index (χ3v) is 15.4. The molecule has 21 nitrogen and oxygen atoms in total. The van der Waals surface area contributed by atoms with E-state index < -0.39 is 141 Å². The van der Waals surface area contributed by atoms with Crippen LogP contribution in [0.1, 0.15) is 93.2 Å². The average Bonchev–Trinajstić information content (AvgIpc) is 0.707. The number of Topliss-reactive ketones (excluding diaryl/α,β-unsaturated/α-hetero) is 8. The maximum absolute atomic E-state index is 15.3. The topological polar surface area (TPSA) is 357 Å². The van der Waals surface area contributed by atoms with Gasteiger partial charge < -0.3 is 50.0 Å². The molecular weight excluding hydrogens is 1240 g/mol. The molecule has 0 amide bonds. The predicted molar refractivity (Wildman–Crippen MR) is 342 cm³/mol. The molecule has 96 heavy (non-hydrogen) atoms. The fourth-order valence-electron chi connectivity index (χ4n) is 10.4. The Labute approximate surface area is 547 Å². The van der Waals surface area contributed by atoms with Crippen LogP contribution in [0.4, 0.5) is 0 Å². The van der Waals surface area contributed by atoms with Crippen LogP contribution in [0, 0.1) is 0 Å². The second kappa shape index (κ2) is 31.4. The first kappa shape index (κ1) is 70.3. The maximum atomic E-state index is 15.3. The van der Waals surface area contributed by atoms with Crippen LogP contribution < -0.4 is 0 Å². The van der Waals surface area contributed by atoms with E-state index in [9.17, 15) is 74.1 Å². The van der Waals surface area contributed by atoms with Crippen molar-refractivity contribution in [2.75, 3.05) is 13.2 Å². The zero-order valence-electron chi connectivity index (χ0n) is 50.6. The number of aliphatic hydroxyl groups excluding tert-OH is 6. The molecule has 0 saturated carbocycles. The largest absolute Gasteiger partial charge is 0.439 e. The highest BCUT2D eigenvalue weighted by Gasteiger charge is 2.77. The molecule has 0 fully saturated rings. The summed E-state index contributed by atoms with van der Waals surface area (Å²) >= 11 is 0. The van der Waals surface area contributed by atoms with Gasteiger partial charge in [-0.25, -0.2) is 14.4 Å². The Balaban J connectivity index is 0.000000249. The number of hydrogen-bond acceptors (Lipinski definition) is 21. The highest BCUT2D eigenvalue weighted by molar-refractivity contribution is 6.53. The molecule has 0 aliphatic heterocycles. The van der Waals surface area contributed by atoms with E-state index in [-0.39, 0.29) is 33.4 Å². The van der Waals surface area contributed by atoms with Crippen LogP contribution in [0.2, 0.25) is 0 Å². The summed E-state index contributed by atoms with van der Waals surface area (Å²) in [5.74, 6) is -17.3. The van der Waals surface area contributed by atoms with Gasteiger partial charge in [-0.1, -0.05) is 237 Å². The summed E-state index contributed by atoms with van der Waals surface area (Å²) < 4.78 is 17.4. The molecule has 0 unspecified atom stereocenters. The molecule has 0 radical (unpaired) electrons. The first-order valence-corrected chi connectivity index (χ1v) is 29.4. The highest BCUT2D eigenvalue weighted by atomic mass is 16.6. The van der Waals surface area contributed by atoms with Crippen molar-refractivity contribution in [3.8, 4) is 0 Å². The van der Waals surface area contributed by atoms with E-state index in [2.05, 4.69) is 0 Å². The van der Waals surface area contributed by atoms with Gasteiger partial charge in [0.2, 0.25) is 40.3 Å². The molecular formula is C75H60O21. The lowest BCUT2D eigenvalue weighted by Crippen LogP contribution is -2.78. The molecule has 9 rings (SSSR count). The second-order valence-electron chi connectivity index (χ2n) is 21.3. The Morgan fingerprint density at radius 1 is 0.281 bits per heavy atom. The number of aliphatic hydroxyl groups is 7. The molecule has 0 spiro atoms. The Hall–Kier alpha value is -11.5. The Kier molecular flexibility index (Phi) is 23.0. The van der Waals surface area contributed by atoms with Crippen molar-refractivity contribution in [2.45, 2.75) is 46.8 Å². The minimum Gasteiger partial charge on any atom is -0.439 e. The summed E-state index contributed by atoms with van der Waals surface area (Å²) in [5, 5.41) is 77.7. The molecule has 8 atom stereocenters. The first-order chi connectivity index (χ1) is 46.2. The third kappa shape index (κ3) is 14.0. The highest BCUT2D eigenvalue weighted by Crippen LogP contribution is 2.45. The van der Waals surface area contributed by atoms with Gasteiger partial charge in [0.05, 0.1) is 29.9 Å². The summed E-state index contributed by atoms with van der Waals surface area (Å²) in [4.78, 5) is 159. The van der Waals surface area contributed by atoms with Crippen LogP contribution in [0.25, 0.3) is 0 Å². The van der Waals surface area contributed by atoms with E-state index in [1.54, 1.807) is 18.2 Å². The maximum Gasteiger partial charge on any atom is 0.339 e. The minimum absolute atomic E-state index is 0.246. The van der Waals surface area contributed by atoms with Gasteiger partial charge in [0.15, 0.2) is 0 Å². The number of ether oxygens (including phenoxy) is 3. The standard InChI is InChI=1S/C41H32O11.C34H28O10/c42-26-32(43)36(47)40(34(45)28-18-8-2-9-19-28,51-38(49)30-22-12-4-13-23-30)41(35(46)29-20-10-3-11-21-29,52-39(50)31-24-14-5-15-25-31)37(48)33(44)27-16-6-1-7-17-27;35-21-26(36)30(40)33(43,28(38)23-15-7-2-8-16-23)34(29(39)24-17-9-3-10-18-24,44-32(42)25-19-11-4-12-20-25)31(41)27(37)22-13-5-1-6-14-22/h1-25,32,36,42-43,47H,26H2;1-20,26,30,35-36,40,43H,21H2/t32-,36-,40+,41+;26-,30-,33+,34+/m11/s1. The summed E-state index contributed by atoms with van der Waals surface area (Å²) in [5.41, 5.74) is -18.5. The van der Waals surface area contributed by atoms with E-state index >= 15 is 14.4 Å². The number of carbonyl (C=O) groups excluding carboxylic acids is 11. The SMILES string of the molecule is O=C(O[C@](C(=O)C(=O)c1ccccc1)(C(=O)c1ccccc1)[C@](O)(C(=O)c1ccccc1)[C@H](O)[C@H](O)CO)c1ccccc1.O=C(O[C@](C(=O)C(=O)c1ccccc1)(C(=O)c1ccccc1)[C@](OC(=O)c1ccccc1)(C(=O)c1ccccc1)[C@H](O)[C@H](O)CO)c1ccccc1. The van der Waals surface area contributed by atoms with Crippen LogP contribution in [-0.2, 0) is 23.8 Å². The molecule has 0 aromatic heterocycles. The van der Waals surface area contributed by atoms with Crippen molar-refractivity contribution < 1.29 is 103 Å². The molecule has 9 aromatic rings. The number of hydrogen-bond donors (Lipinski definition) is 7. The molecule has 0 saturated heterocycles. The number of benzene rings is 9. The van der Waals surface area contributed by atoms with Crippen molar-refractivity contribution in [3.05, 3.63) is 323 Å². The van der Waals surface area contributed by atoms with Crippen molar-refractivity contribution in [1.29, 1.82) is 0 Å². The van der Waals surface area contributed by atoms with E-state index in [4.69, 9.17) is 14.2 Å². The van der Waals surface area contributed by atoms with Gasteiger partial charge in [0.1, 0.15) is 24.4 Å². The fraction of sp³-hybridized carbons (Fsp3) is 0.133. The van der Waals surface area contributed by atoms with Gasteiger partial charge in [-0.15, -0.1) is 0 Å². The molecule has 486 valence electrons. The second-order valence-corrected chi connectivity index (χ2v) is 21.3. The van der Waals surface area contributed by atoms with Crippen LogP contribution in [0.5, 0.6) is 0 Å². The Bertz CT molecular complexity index is 4240. The van der Waals surface area contributed by atoms with E-state index in [0.717, 1.165) is 0 Å². The fourth-order valence-corrected chi connectivity index (χ4v) is 10.4. The lowest BCUT2D eigenvalue weighted by molar-refractivity contribution is -0.187. The summed E-state index contributed by atoms with van der Waals surface area (Å²) in [6.07, 6.45) is -10.6. The van der Waals surface area contributed by atoms with Gasteiger partial charge >= 0.3 is 17.9 Å². The molecule has 7 N–H and O–H groups in total. The van der Waals surface area contributed by atoms with Crippen molar-refractivity contribution >= 4 is 64.2 Å². The van der Waals surface area contributed by atoms with Gasteiger partial charge in [0.25, 0.3) is 28.4 Å². The molecule has 0 aliphatic carbocycles. The molecule has 9 aromatic carbocycles. The minimum atomic E-state index is -3.92. The normalized spacial score (nSPS) is 14.7. The lowest BCUT2D eigenvalue weighted by Gasteiger charge is -2.47. The zero-order valence-corrected chi connectivity index (χ0v) is 50.6. The van der Waals surface area contributed by atoms with Crippen LogP contribution in [0.15, 0.2) is 273 Å². The Morgan fingerprint density at radius 3 is 0.823 bits per heavy atom. The van der Waals surface area contributed by atoms with Crippen molar-refractivity contribution in [2.24, 2.45) is 0 Å². The average molecular weight is 1300 g/mol. The van der Waals surface area contributed by atoms with E-state index in [1.807, 2.05) is 0 Å². The molecule has 21 heteroatoms. The quantitative estimate of drug-likeness (QED) is 0.00922. The smallest absolute Gasteiger partial charge is 0.339 e. The van der Waals surface area contributed by atoms with Crippen LogP contribution >= 0.6 is 0 Å². The van der Waals surface area contributed by atoms with Crippen molar-refractivity contribution in [3.63, 3.8) is 0 Å². The molecule has 0 heterocycles. The predicted octanol–water partition coefficient (Wildman–Crippen LogP) is 6.36. The summed E-state index contributed by atoms with van der Waals surface area (Å²) in [6.45, 7) is -2.59. The van der Waals surface area contributed by atoms with E-state index in [1.165, 1.54) is 255 Å². The number of ketones is 8. The van der Waals surface area contributed by atoms with E-state index in [0.29, 0.717) is 0 Å². The Morgan fingerprint density at radius 2 is 0.510 bits per heavy atom. The zero-order chi connectivity index (χ0) is 69.2. The summed E-state index contributed by atoms with van der Waals surface area (Å²) in [7, 11) is 0.